The van der Waals surface area contributed by atoms with Crippen LogP contribution in [0.5, 0.6) is 0 Å². The van der Waals surface area contributed by atoms with Crippen LogP contribution in [-0.2, 0) is 9.53 Å². The van der Waals surface area contributed by atoms with Gasteiger partial charge < -0.3 is 4.74 Å². The molecule has 4 aliphatic carbocycles. The molecule has 0 aliphatic heterocycles. The molecule has 5 rings (SSSR count). The molecular weight excluding hydrogens is 408 g/mol. The van der Waals surface area contributed by atoms with Crippen molar-refractivity contribution in [3.8, 4) is 0 Å². The molecule has 0 amide bonds. The standard InChI is InChI=1S/C27H31ClO3/c1-26-12-10-20(31-25(30)17-6-4-3-5-7-17)15-19(26)8-9-21-22(26)11-13-27(2)23(21)14-18(16-28)24(27)29/h3-8,16,20-23H,9-15H2,1-2H3/b18-16+/t20-,21+,22-,23-,26-,27-/m0/s1. The van der Waals surface area contributed by atoms with E-state index in [1.54, 1.807) is 0 Å². The maximum absolute atomic E-state index is 13.0. The summed E-state index contributed by atoms with van der Waals surface area (Å²) in [5, 5.41) is 0. The van der Waals surface area contributed by atoms with Gasteiger partial charge in [0.15, 0.2) is 5.78 Å². The molecule has 6 atom stereocenters. The average Bonchev–Trinajstić information content (AvgIpc) is 3.05. The van der Waals surface area contributed by atoms with Crippen molar-refractivity contribution in [3.05, 3.63) is 58.7 Å². The molecule has 0 radical (unpaired) electrons. The van der Waals surface area contributed by atoms with Gasteiger partial charge in [0.1, 0.15) is 6.10 Å². The lowest BCUT2D eigenvalue weighted by Crippen LogP contribution is -2.50. The highest BCUT2D eigenvalue weighted by Gasteiger charge is 2.60. The monoisotopic (exact) mass is 438 g/mol. The van der Waals surface area contributed by atoms with Gasteiger partial charge in [0.25, 0.3) is 0 Å². The molecule has 0 unspecified atom stereocenters. The van der Waals surface area contributed by atoms with Gasteiger partial charge in [-0.15, -0.1) is 0 Å². The molecule has 0 bridgehead atoms. The van der Waals surface area contributed by atoms with E-state index in [4.69, 9.17) is 16.3 Å². The summed E-state index contributed by atoms with van der Waals surface area (Å²) in [6.07, 6.45) is 9.08. The summed E-state index contributed by atoms with van der Waals surface area (Å²) in [5.74, 6) is 1.59. The lowest BCUT2D eigenvalue weighted by atomic mass is 9.48. The number of ether oxygens (including phenoxy) is 1. The molecule has 0 heterocycles. The zero-order chi connectivity index (χ0) is 21.8. The van der Waals surface area contributed by atoms with E-state index in [0.717, 1.165) is 50.5 Å². The molecule has 3 saturated carbocycles. The summed E-state index contributed by atoms with van der Waals surface area (Å²) >= 11 is 6.01. The van der Waals surface area contributed by atoms with Crippen LogP contribution >= 0.6 is 11.6 Å². The summed E-state index contributed by atoms with van der Waals surface area (Å²) in [6, 6.07) is 9.27. The number of hydrogen-bond donors (Lipinski definition) is 0. The fraction of sp³-hybridized carbons (Fsp3) is 0.556. The Morgan fingerprint density at radius 2 is 1.81 bits per heavy atom. The van der Waals surface area contributed by atoms with Crippen LogP contribution in [0.3, 0.4) is 0 Å². The van der Waals surface area contributed by atoms with Crippen molar-refractivity contribution in [1.82, 2.24) is 0 Å². The van der Waals surface area contributed by atoms with Crippen molar-refractivity contribution in [2.45, 2.75) is 64.9 Å². The number of halogens is 1. The second kappa shape index (κ2) is 7.62. The number of rotatable bonds is 2. The minimum absolute atomic E-state index is 0.0451. The molecule has 1 aromatic carbocycles. The van der Waals surface area contributed by atoms with Crippen LogP contribution in [0.25, 0.3) is 0 Å². The molecule has 4 heteroatoms. The molecule has 164 valence electrons. The number of benzene rings is 1. The third-order valence-corrected chi connectivity index (χ3v) is 9.38. The highest BCUT2D eigenvalue weighted by molar-refractivity contribution is 6.28. The van der Waals surface area contributed by atoms with Crippen LogP contribution in [0.15, 0.2) is 53.1 Å². The smallest absolute Gasteiger partial charge is 0.338 e. The molecule has 4 aliphatic rings. The normalized spacial score (nSPS) is 40.5. The number of Topliss-reactive ketones (excluding diaryl/α,β-unsaturated/α-hetero) is 1. The summed E-state index contributed by atoms with van der Waals surface area (Å²) in [7, 11) is 0. The maximum Gasteiger partial charge on any atom is 0.338 e. The Bertz CT molecular complexity index is 964. The first-order chi connectivity index (χ1) is 14.9. The average molecular weight is 439 g/mol. The van der Waals surface area contributed by atoms with Crippen molar-refractivity contribution >= 4 is 23.4 Å². The van der Waals surface area contributed by atoms with Crippen molar-refractivity contribution in [3.63, 3.8) is 0 Å². The van der Waals surface area contributed by atoms with Gasteiger partial charge in [-0.2, -0.15) is 0 Å². The summed E-state index contributed by atoms with van der Waals surface area (Å²) in [6.45, 7) is 4.59. The van der Waals surface area contributed by atoms with Crippen LogP contribution in [0.2, 0.25) is 0 Å². The Morgan fingerprint density at radius 1 is 1.06 bits per heavy atom. The predicted molar refractivity (Wildman–Crippen MR) is 122 cm³/mol. The quantitative estimate of drug-likeness (QED) is 0.301. The van der Waals surface area contributed by atoms with E-state index in [9.17, 15) is 9.59 Å². The number of ketones is 1. The van der Waals surface area contributed by atoms with Crippen molar-refractivity contribution < 1.29 is 14.3 Å². The molecule has 0 saturated heterocycles. The van der Waals surface area contributed by atoms with Crippen LogP contribution < -0.4 is 0 Å². The van der Waals surface area contributed by atoms with Crippen LogP contribution in [0.1, 0.15) is 69.2 Å². The zero-order valence-electron chi connectivity index (χ0n) is 18.4. The van der Waals surface area contributed by atoms with E-state index < -0.39 is 0 Å². The van der Waals surface area contributed by atoms with Crippen LogP contribution in [0, 0.1) is 28.6 Å². The van der Waals surface area contributed by atoms with E-state index in [-0.39, 0.29) is 28.7 Å². The molecule has 31 heavy (non-hydrogen) atoms. The van der Waals surface area contributed by atoms with Crippen molar-refractivity contribution in [2.75, 3.05) is 0 Å². The lowest BCUT2D eigenvalue weighted by Gasteiger charge is -2.56. The summed E-state index contributed by atoms with van der Waals surface area (Å²) in [4.78, 5) is 25.5. The second-order valence-electron chi connectivity index (χ2n) is 10.5. The van der Waals surface area contributed by atoms with Gasteiger partial charge in [-0.25, -0.2) is 4.79 Å². The fourth-order valence-electron chi connectivity index (χ4n) is 7.29. The third kappa shape index (κ3) is 3.23. The Balaban J connectivity index is 1.35. The number of esters is 1. The minimum Gasteiger partial charge on any atom is -0.458 e. The number of hydrogen-bond acceptors (Lipinski definition) is 3. The largest absolute Gasteiger partial charge is 0.458 e. The van der Waals surface area contributed by atoms with Gasteiger partial charge in [0.2, 0.25) is 0 Å². The Kier molecular flexibility index (Phi) is 5.16. The first kappa shape index (κ1) is 21.0. The zero-order valence-corrected chi connectivity index (χ0v) is 19.2. The van der Waals surface area contributed by atoms with E-state index >= 15 is 0 Å². The van der Waals surface area contributed by atoms with Gasteiger partial charge in [0, 0.05) is 22.9 Å². The van der Waals surface area contributed by atoms with Gasteiger partial charge in [-0.05, 0) is 73.8 Å². The molecule has 1 aromatic rings. The highest BCUT2D eigenvalue weighted by Crippen LogP contribution is 2.64. The first-order valence-electron chi connectivity index (χ1n) is 11.7. The minimum atomic E-state index is -0.244. The first-order valence-corrected chi connectivity index (χ1v) is 12.1. The molecule has 0 aromatic heterocycles. The van der Waals surface area contributed by atoms with Crippen LogP contribution in [-0.4, -0.2) is 17.9 Å². The van der Waals surface area contributed by atoms with Crippen LogP contribution in [0.4, 0.5) is 0 Å². The van der Waals surface area contributed by atoms with Gasteiger partial charge in [-0.3, -0.25) is 4.79 Å². The molecule has 0 N–H and O–H groups in total. The molecular formula is C27H31ClO3. The van der Waals surface area contributed by atoms with E-state index in [1.165, 1.54) is 11.1 Å². The van der Waals surface area contributed by atoms with Crippen molar-refractivity contribution in [2.24, 2.45) is 28.6 Å². The SMILES string of the molecule is C[C@]12CC[C@H](OC(=O)c3ccccc3)CC1=CC[C@@H]1[C@@H]2CC[C@]2(C)C(=O)/C(=C/Cl)C[C@@H]12. The van der Waals surface area contributed by atoms with E-state index in [0.29, 0.717) is 23.3 Å². The molecule has 3 nitrogen and oxygen atoms in total. The summed E-state index contributed by atoms with van der Waals surface area (Å²) < 4.78 is 5.89. The summed E-state index contributed by atoms with van der Waals surface area (Å²) in [5.41, 5.74) is 4.34. The topological polar surface area (TPSA) is 43.4 Å². The van der Waals surface area contributed by atoms with Crippen molar-refractivity contribution in [1.29, 1.82) is 0 Å². The third-order valence-electron chi connectivity index (χ3n) is 9.11. The Labute approximate surface area is 189 Å². The maximum atomic E-state index is 13.0. The van der Waals surface area contributed by atoms with E-state index in [2.05, 4.69) is 19.9 Å². The van der Waals surface area contributed by atoms with E-state index in [1.807, 2.05) is 30.3 Å². The van der Waals surface area contributed by atoms with Gasteiger partial charge in [0.05, 0.1) is 5.56 Å². The number of carbonyl (C=O) groups excluding carboxylic acids is 2. The Morgan fingerprint density at radius 3 is 2.55 bits per heavy atom. The molecule has 3 fully saturated rings. The fourth-order valence-corrected chi connectivity index (χ4v) is 7.48. The molecule has 0 spiro atoms. The van der Waals surface area contributed by atoms with Gasteiger partial charge >= 0.3 is 5.97 Å². The number of allylic oxidation sites excluding steroid dienone is 2. The lowest BCUT2D eigenvalue weighted by molar-refractivity contribution is -0.130. The highest BCUT2D eigenvalue weighted by atomic mass is 35.5. The number of carbonyl (C=O) groups is 2. The predicted octanol–water partition coefficient (Wildman–Crippen LogP) is 6.48. The second-order valence-corrected chi connectivity index (χ2v) is 10.7. The number of fused-ring (bicyclic) bond motifs is 5. The Hall–Kier alpha value is -1.87. The van der Waals surface area contributed by atoms with Gasteiger partial charge in [-0.1, -0.05) is 55.3 Å².